The molecule has 0 spiro atoms. The summed E-state index contributed by atoms with van der Waals surface area (Å²) in [5.74, 6) is 9.27. The minimum absolute atomic E-state index is 0.315. The van der Waals surface area contributed by atoms with Crippen molar-refractivity contribution in [3.05, 3.63) is 252 Å². The van der Waals surface area contributed by atoms with Gasteiger partial charge in [0.15, 0.2) is 113 Å². The number of rotatable bonds is 30. The summed E-state index contributed by atoms with van der Waals surface area (Å²) in [6, 6.07) is 27.8. The van der Waals surface area contributed by atoms with Crippen molar-refractivity contribution in [1.82, 2.24) is 93.4 Å². The van der Waals surface area contributed by atoms with Gasteiger partial charge in [0.2, 0.25) is 0 Å². The number of aryl methyl sites for hydroxylation is 10. The Morgan fingerprint density at radius 2 is 0.336 bits per heavy atom. The Balaban J connectivity index is 0.000000167. The van der Waals surface area contributed by atoms with E-state index in [1.54, 1.807) is 194 Å². The van der Waals surface area contributed by atoms with Crippen LogP contribution >= 0.6 is 0 Å². The highest BCUT2D eigenvalue weighted by atomic mass is 16.5. The van der Waals surface area contributed by atoms with Gasteiger partial charge in [0.05, 0.1) is 71.1 Å². The third-order valence-electron chi connectivity index (χ3n) is 23.7. The molecular formula is C100H120N20O20. The van der Waals surface area contributed by atoms with E-state index in [2.05, 4.69) is 24.9 Å². The molecule has 0 aliphatic rings. The number of ether oxygens (including phenoxy) is 10. The smallest absolute Gasteiger partial charge is 0.332 e. The Morgan fingerprint density at radius 1 is 0.200 bits per heavy atom. The third kappa shape index (κ3) is 20.5. The van der Waals surface area contributed by atoms with Gasteiger partial charge < -0.3 is 70.2 Å². The largest absolute Gasteiger partial charge is 0.493 e. The molecular weight excluding hydrogens is 1800 g/mol. The summed E-state index contributed by atoms with van der Waals surface area (Å²) in [4.78, 5) is 149. The zero-order valence-corrected chi connectivity index (χ0v) is 83.6. The van der Waals surface area contributed by atoms with E-state index in [9.17, 15) is 47.9 Å². The van der Waals surface area contributed by atoms with E-state index in [0.717, 1.165) is 27.8 Å². The maximum atomic E-state index is 12.7. The molecule has 10 heterocycles. The van der Waals surface area contributed by atoms with Gasteiger partial charge in [-0.3, -0.25) is 69.6 Å². The fourth-order valence-electron chi connectivity index (χ4n) is 16.1. The van der Waals surface area contributed by atoms with Crippen molar-refractivity contribution in [2.45, 2.75) is 135 Å². The van der Waals surface area contributed by atoms with Crippen LogP contribution in [-0.4, -0.2) is 165 Å². The number of benzene rings is 5. The Hall–Kier alpha value is -16.5. The van der Waals surface area contributed by atoms with Crippen LogP contribution in [0.15, 0.2) is 139 Å². The molecule has 0 radical (unpaired) electrons. The molecule has 0 saturated carbocycles. The second-order valence-electron chi connectivity index (χ2n) is 31.1. The average Bonchev–Trinajstić information content (AvgIpc) is 1.62. The first-order valence-electron chi connectivity index (χ1n) is 45.3. The molecule has 0 saturated heterocycles. The summed E-state index contributed by atoms with van der Waals surface area (Å²) in [5, 5.41) is 0. The number of fused-ring (bicyclic) bond motifs is 5. The lowest BCUT2D eigenvalue weighted by Gasteiger charge is -2.08. The van der Waals surface area contributed by atoms with Crippen LogP contribution in [0.25, 0.3) is 117 Å². The van der Waals surface area contributed by atoms with Gasteiger partial charge in [-0.25, -0.2) is 48.9 Å². The molecule has 15 rings (SSSR count). The number of nitrogens with zero attached hydrogens (tertiary/aromatic N) is 20. The first kappa shape index (κ1) is 104. The van der Waals surface area contributed by atoms with E-state index < -0.39 is 0 Å². The molecule has 5 aromatic carbocycles. The van der Waals surface area contributed by atoms with Gasteiger partial charge in [-0.05, 0) is 188 Å². The SMILES string of the molecule is CCn1c(=O)c2c(nc(/C=C/c3ccc(OC)c(OC)c3)n2C)n(CC)c1=O.CCn1c(=O)c2c(nc(/C=C/c3ccc(OC)c(OC)c3)n2C)n(CC)c1=O.CCn1c(=O)c2c(nc(/C=C/c3ccc(OC)c(OC)c3)n2C)n(CC)c1=O.CCn1c(=O)c2c(nc(/C=C/c3ccc(OC)c(OC)c3)n2C)n(CC)c1=O.CCn1c(=O)c2c(nc(/C=C/c3ccc(OC)c(OC)c3)n2C)n(CC)c1=O. The van der Waals surface area contributed by atoms with Crippen molar-refractivity contribution >= 4 is 117 Å². The van der Waals surface area contributed by atoms with Gasteiger partial charge in [0, 0.05) is 101 Å². The first-order chi connectivity index (χ1) is 67.3. The molecule has 0 atom stereocenters. The molecule has 0 aliphatic carbocycles. The molecule has 0 amide bonds. The summed E-state index contributed by atoms with van der Waals surface area (Å²) in [6.45, 7) is 22.0. The lowest BCUT2D eigenvalue weighted by Crippen LogP contribution is -2.39. The Labute approximate surface area is 804 Å². The summed E-state index contributed by atoms with van der Waals surface area (Å²) in [7, 11) is 24.7. The maximum Gasteiger partial charge on any atom is 0.332 e. The molecule has 0 bridgehead atoms. The van der Waals surface area contributed by atoms with E-state index in [1.165, 1.54) is 45.7 Å². The van der Waals surface area contributed by atoms with Crippen LogP contribution in [0.4, 0.5) is 0 Å². The topological polar surface area (TPSA) is 401 Å². The van der Waals surface area contributed by atoms with E-state index in [4.69, 9.17) is 47.4 Å². The minimum atomic E-state index is -0.337. The number of imidazole rings is 5. The zero-order valence-electron chi connectivity index (χ0n) is 83.6. The molecule has 740 valence electrons. The van der Waals surface area contributed by atoms with E-state index in [0.29, 0.717) is 208 Å². The summed E-state index contributed by atoms with van der Waals surface area (Å²) < 4.78 is 75.2. The highest BCUT2D eigenvalue weighted by Gasteiger charge is 2.25. The Bertz CT molecular complexity index is 6910. The number of hydrogen-bond donors (Lipinski definition) is 0. The van der Waals surface area contributed by atoms with Crippen molar-refractivity contribution in [3.8, 4) is 57.5 Å². The second-order valence-corrected chi connectivity index (χ2v) is 31.1. The van der Waals surface area contributed by atoms with Crippen molar-refractivity contribution in [2.75, 3.05) is 71.1 Å². The number of aromatic nitrogens is 20. The quantitative estimate of drug-likeness (QED) is 0.0403. The lowest BCUT2D eigenvalue weighted by atomic mass is 10.2. The molecule has 40 heteroatoms. The fraction of sp³-hybridized carbons (Fsp3) is 0.350. The molecule has 0 unspecified atom stereocenters. The molecule has 40 nitrogen and oxygen atoms in total. The van der Waals surface area contributed by atoms with Crippen LogP contribution in [0.2, 0.25) is 0 Å². The average molecular weight is 1920 g/mol. The van der Waals surface area contributed by atoms with Gasteiger partial charge in [-0.1, -0.05) is 60.7 Å². The van der Waals surface area contributed by atoms with Crippen LogP contribution in [0.1, 0.15) is 126 Å². The molecule has 0 aliphatic heterocycles. The number of methoxy groups -OCH3 is 10. The predicted octanol–water partition coefficient (Wildman–Crippen LogP) is 10.6. The van der Waals surface area contributed by atoms with E-state index in [1.807, 2.05) is 156 Å². The van der Waals surface area contributed by atoms with Crippen molar-refractivity contribution < 1.29 is 47.4 Å². The van der Waals surface area contributed by atoms with E-state index >= 15 is 0 Å². The molecule has 0 fully saturated rings. The summed E-state index contributed by atoms with van der Waals surface area (Å²) >= 11 is 0. The molecule has 0 N–H and O–H groups in total. The van der Waals surface area contributed by atoms with Gasteiger partial charge in [0.25, 0.3) is 27.8 Å². The van der Waals surface area contributed by atoms with Crippen LogP contribution in [0, 0.1) is 0 Å². The highest BCUT2D eigenvalue weighted by molar-refractivity contribution is 5.82. The summed E-state index contributed by atoms with van der Waals surface area (Å²) in [6.07, 6.45) is 18.4. The van der Waals surface area contributed by atoms with E-state index in [-0.39, 0.29) is 56.2 Å². The second kappa shape index (κ2) is 45.9. The highest BCUT2D eigenvalue weighted by Crippen LogP contribution is 2.34. The Morgan fingerprint density at radius 3 is 0.457 bits per heavy atom. The van der Waals surface area contributed by atoms with Gasteiger partial charge in [-0.15, -0.1) is 0 Å². The fourth-order valence-corrected chi connectivity index (χ4v) is 16.1. The van der Waals surface area contributed by atoms with Crippen molar-refractivity contribution in [2.24, 2.45) is 35.2 Å². The van der Waals surface area contributed by atoms with Crippen molar-refractivity contribution in [3.63, 3.8) is 0 Å². The monoisotopic (exact) mass is 1920 g/mol. The van der Waals surface area contributed by atoms with Crippen LogP contribution in [-0.2, 0) is 101 Å². The predicted molar refractivity (Wildman–Crippen MR) is 545 cm³/mol. The standard InChI is InChI=1S/5C20H24N4O4/c5*1-6-23-18-17(19(25)24(7-2)20(23)26)22(3)16(21-18)11-9-13-8-10-14(27-4)15(12-13)28-5/h5*8-12H,6-7H2,1-5H3/b5*11-9+. The first-order valence-corrected chi connectivity index (χ1v) is 45.3. The van der Waals surface area contributed by atoms with Gasteiger partial charge in [-0.2, -0.15) is 0 Å². The summed E-state index contributed by atoms with van der Waals surface area (Å²) in [5.41, 5.74) is 5.21. The minimum Gasteiger partial charge on any atom is -0.493 e. The van der Waals surface area contributed by atoms with Crippen molar-refractivity contribution in [1.29, 1.82) is 0 Å². The van der Waals surface area contributed by atoms with Crippen LogP contribution in [0.5, 0.6) is 57.5 Å². The van der Waals surface area contributed by atoms with Gasteiger partial charge >= 0.3 is 28.4 Å². The van der Waals surface area contributed by atoms with Crippen LogP contribution in [0.3, 0.4) is 0 Å². The van der Waals surface area contributed by atoms with Crippen LogP contribution < -0.4 is 104 Å². The maximum absolute atomic E-state index is 12.7. The molecule has 140 heavy (non-hydrogen) atoms. The normalized spacial score (nSPS) is 11.5. The zero-order chi connectivity index (χ0) is 102. The number of hydrogen-bond acceptors (Lipinski definition) is 25. The lowest BCUT2D eigenvalue weighted by molar-refractivity contribution is 0.355. The molecule has 10 aromatic heterocycles. The molecule has 15 aromatic rings. The van der Waals surface area contributed by atoms with Gasteiger partial charge in [0.1, 0.15) is 29.1 Å². The third-order valence-corrected chi connectivity index (χ3v) is 23.7. The Kier molecular flexibility index (Phi) is 34.1.